The summed E-state index contributed by atoms with van der Waals surface area (Å²) < 4.78 is 10.8. The number of ether oxygens (including phenoxy) is 2. The molecule has 0 aliphatic rings. The second kappa shape index (κ2) is 7.75. The Bertz CT molecular complexity index is 443. The third-order valence-corrected chi connectivity index (χ3v) is 3.18. The Morgan fingerprint density at radius 2 is 2.00 bits per heavy atom. The zero-order chi connectivity index (χ0) is 15.1. The van der Waals surface area contributed by atoms with Gasteiger partial charge in [0.1, 0.15) is 11.5 Å². The van der Waals surface area contributed by atoms with E-state index in [9.17, 15) is 4.79 Å². The summed E-state index contributed by atoms with van der Waals surface area (Å²) in [4.78, 5) is 13.7. The lowest BCUT2D eigenvalue weighted by Gasteiger charge is -2.20. The highest BCUT2D eigenvalue weighted by Crippen LogP contribution is 2.28. The lowest BCUT2D eigenvalue weighted by atomic mass is 10.1. The fourth-order valence-corrected chi connectivity index (χ4v) is 1.95. The summed E-state index contributed by atoms with van der Waals surface area (Å²) in [6.07, 6.45) is 0. The fourth-order valence-electron chi connectivity index (χ4n) is 1.95. The molecule has 1 amide bonds. The lowest BCUT2D eigenvalue weighted by molar-refractivity contribution is -0.132. The largest absolute Gasteiger partial charge is 0.497 e. The Kier molecular flexibility index (Phi) is 6.31. The zero-order valence-electron chi connectivity index (χ0n) is 12.7. The third kappa shape index (κ3) is 4.13. The highest BCUT2D eigenvalue weighted by Gasteiger charge is 2.14. The van der Waals surface area contributed by atoms with Gasteiger partial charge in [0.25, 0.3) is 5.91 Å². The number of carbonyl (C=O) groups excluding carboxylic acids is 1. The number of hydrogen-bond donors (Lipinski definition) is 1. The minimum absolute atomic E-state index is 0.00850. The summed E-state index contributed by atoms with van der Waals surface area (Å²) >= 11 is 0. The minimum Gasteiger partial charge on any atom is -0.497 e. The van der Waals surface area contributed by atoms with Gasteiger partial charge >= 0.3 is 0 Å². The van der Waals surface area contributed by atoms with Gasteiger partial charge in [0.15, 0.2) is 6.61 Å². The summed E-state index contributed by atoms with van der Waals surface area (Å²) in [6, 6.07) is 5.28. The molecule has 0 heterocycles. The summed E-state index contributed by atoms with van der Waals surface area (Å²) in [5, 5.41) is 0. The van der Waals surface area contributed by atoms with Gasteiger partial charge in [0.05, 0.1) is 7.11 Å². The van der Waals surface area contributed by atoms with Crippen molar-refractivity contribution in [3.63, 3.8) is 0 Å². The van der Waals surface area contributed by atoms with E-state index in [0.717, 1.165) is 5.56 Å². The summed E-state index contributed by atoms with van der Waals surface area (Å²) in [7, 11) is 1.59. The van der Waals surface area contributed by atoms with E-state index in [2.05, 4.69) is 0 Å². The molecule has 0 saturated carbocycles. The van der Waals surface area contributed by atoms with E-state index in [1.807, 2.05) is 32.9 Å². The predicted octanol–water partition coefficient (Wildman–Crippen LogP) is 1.96. The molecule has 2 N–H and O–H groups in total. The van der Waals surface area contributed by atoms with Crippen LogP contribution in [0.2, 0.25) is 0 Å². The molecule has 0 saturated heterocycles. The van der Waals surface area contributed by atoms with Gasteiger partial charge in [0, 0.05) is 30.8 Å². The van der Waals surface area contributed by atoms with Crippen molar-refractivity contribution in [1.82, 2.24) is 4.90 Å². The molecule has 1 aromatic rings. The molecular formula is C15H24N2O3. The van der Waals surface area contributed by atoms with Crippen molar-refractivity contribution < 1.29 is 14.3 Å². The van der Waals surface area contributed by atoms with Crippen molar-refractivity contribution in [2.45, 2.75) is 26.8 Å². The smallest absolute Gasteiger partial charge is 0.260 e. The lowest BCUT2D eigenvalue weighted by Crippen LogP contribution is -2.34. The first-order valence-corrected chi connectivity index (χ1v) is 6.87. The number of nitrogens with zero attached hydrogens (tertiary/aromatic N) is 1. The first-order valence-electron chi connectivity index (χ1n) is 6.87. The number of methoxy groups -OCH3 is 1. The Morgan fingerprint density at radius 3 is 2.50 bits per heavy atom. The number of amides is 1. The first-order chi connectivity index (χ1) is 9.53. The van der Waals surface area contributed by atoms with E-state index >= 15 is 0 Å². The molecule has 0 radical (unpaired) electrons. The molecule has 0 aliphatic heterocycles. The number of hydrogen-bond acceptors (Lipinski definition) is 4. The average molecular weight is 280 g/mol. The molecule has 112 valence electrons. The topological polar surface area (TPSA) is 64.8 Å². The van der Waals surface area contributed by atoms with Crippen LogP contribution in [0.25, 0.3) is 0 Å². The Morgan fingerprint density at radius 1 is 1.35 bits per heavy atom. The van der Waals surface area contributed by atoms with E-state index < -0.39 is 0 Å². The van der Waals surface area contributed by atoms with E-state index in [1.54, 1.807) is 18.1 Å². The van der Waals surface area contributed by atoms with Gasteiger partial charge in [-0.2, -0.15) is 0 Å². The van der Waals surface area contributed by atoms with E-state index in [4.69, 9.17) is 15.2 Å². The van der Waals surface area contributed by atoms with Gasteiger partial charge in [-0.05, 0) is 26.8 Å². The van der Waals surface area contributed by atoms with Crippen molar-refractivity contribution in [3.05, 3.63) is 23.8 Å². The minimum atomic E-state index is -0.167. The van der Waals surface area contributed by atoms with Crippen LogP contribution in [0.15, 0.2) is 18.2 Å². The molecular weight excluding hydrogens is 256 g/mol. The third-order valence-electron chi connectivity index (χ3n) is 3.18. The van der Waals surface area contributed by atoms with Gasteiger partial charge in [-0.15, -0.1) is 0 Å². The van der Waals surface area contributed by atoms with Crippen molar-refractivity contribution >= 4 is 5.91 Å². The van der Waals surface area contributed by atoms with E-state index in [1.165, 1.54) is 0 Å². The van der Waals surface area contributed by atoms with Crippen molar-refractivity contribution in [2.75, 3.05) is 26.8 Å². The quantitative estimate of drug-likeness (QED) is 0.829. The number of likely N-dealkylation sites (N-methyl/N-ethyl adjacent to an activating group) is 1. The molecule has 5 nitrogen and oxygen atoms in total. The zero-order valence-corrected chi connectivity index (χ0v) is 12.7. The normalized spacial score (nSPS) is 11.8. The molecule has 1 rings (SSSR count). The molecule has 0 aliphatic carbocycles. The van der Waals surface area contributed by atoms with Gasteiger partial charge in [0.2, 0.25) is 0 Å². The maximum atomic E-state index is 12.0. The summed E-state index contributed by atoms with van der Waals surface area (Å²) in [6.45, 7) is 7.13. The van der Waals surface area contributed by atoms with E-state index in [0.29, 0.717) is 24.6 Å². The van der Waals surface area contributed by atoms with Crippen molar-refractivity contribution in [2.24, 2.45) is 5.73 Å². The predicted molar refractivity (Wildman–Crippen MR) is 79.0 cm³/mol. The fraction of sp³-hybridized carbons (Fsp3) is 0.533. The standard InChI is InChI=1S/C15H24N2O3/c1-5-17(6-2)15(18)10-20-14-9-12(19-4)7-8-13(14)11(3)16/h7-9,11H,5-6,10,16H2,1-4H3/t11-/m1/s1. The maximum Gasteiger partial charge on any atom is 0.260 e. The summed E-state index contributed by atoms with van der Waals surface area (Å²) in [5.74, 6) is 1.24. The molecule has 5 heteroatoms. The second-order valence-electron chi connectivity index (χ2n) is 4.55. The van der Waals surface area contributed by atoms with Gasteiger partial charge in [-0.3, -0.25) is 4.79 Å². The molecule has 0 spiro atoms. The SMILES string of the molecule is CCN(CC)C(=O)COc1cc(OC)ccc1[C@@H](C)N. The number of rotatable bonds is 7. The van der Waals surface area contributed by atoms with Crippen LogP contribution >= 0.6 is 0 Å². The number of nitrogens with two attached hydrogens (primary N) is 1. The molecule has 1 atom stereocenters. The molecule has 0 fully saturated rings. The molecule has 0 aromatic heterocycles. The molecule has 0 unspecified atom stereocenters. The van der Waals surface area contributed by atoms with Crippen molar-refractivity contribution in [3.8, 4) is 11.5 Å². The van der Waals surface area contributed by atoms with E-state index in [-0.39, 0.29) is 18.6 Å². The molecule has 0 bridgehead atoms. The Balaban J connectivity index is 2.82. The van der Waals surface area contributed by atoms with Crippen LogP contribution in [-0.4, -0.2) is 37.6 Å². The summed E-state index contributed by atoms with van der Waals surface area (Å²) in [5.41, 5.74) is 6.77. The van der Waals surface area contributed by atoms with Gasteiger partial charge in [-0.1, -0.05) is 6.07 Å². The molecule has 1 aromatic carbocycles. The van der Waals surface area contributed by atoms with Crippen LogP contribution in [0.1, 0.15) is 32.4 Å². The second-order valence-corrected chi connectivity index (χ2v) is 4.55. The number of benzene rings is 1. The highest BCUT2D eigenvalue weighted by molar-refractivity contribution is 5.77. The van der Waals surface area contributed by atoms with Crippen LogP contribution in [0, 0.1) is 0 Å². The van der Waals surface area contributed by atoms with Crippen LogP contribution in [0.4, 0.5) is 0 Å². The van der Waals surface area contributed by atoms with Crippen LogP contribution < -0.4 is 15.2 Å². The van der Waals surface area contributed by atoms with Crippen LogP contribution in [-0.2, 0) is 4.79 Å². The van der Waals surface area contributed by atoms with Gasteiger partial charge < -0.3 is 20.1 Å². The van der Waals surface area contributed by atoms with Crippen LogP contribution in [0.3, 0.4) is 0 Å². The van der Waals surface area contributed by atoms with Crippen molar-refractivity contribution in [1.29, 1.82) is 0 Å². The maximum absolute atomic E-state index is 12.0. The monoisotopic (exact) mass is 280 g/mol. The Labute approximate surface area is 120 Å². The average Bonchev–Trinajstić information content (AvgIpc) is 2.45. The Hall–Kier alpha value is -1.75. The molecule has 20 heavy (non-hydrogen) atoms. The highest BCUT2D eigenvalue weighted by atomic mass is 16.5. The first kappa shape index (κ1) is 16.3. The van der Waals surface area contributed by atoms with Gasteiger partial charge in [-0.25, -0.2) is 0 Å². The van der Waals surface area contributed by atoms with Crippen LogP contribution in [0.5, 0.6) is 11.5 Å². The number of carbonyl (C=O) groups is 1.